The first kappa shape index (κ1) is 14.3. The summed E-state index contributed by atoms with van der Waals surface area (Å²) in [4.78, 5) is 19.8. The quantitative estimate of drug-likeness (QED) is 0.829. The van der Waals surface area contributed by atoms with Crippen molar-refractivity contribution in [2.24, 2.45) is 0 Å². The Bertz CT molecular complexity index is 586. The molecule has 0 aliphatic heterocycles. The zero-order valence-electron chi connectivity index (χ0n) is 11.1. The van der Waals surface area contributed by atoms with Gasteiger partial charge in [-0.3, -0.25) is 9.78 Å². The summed E-state index contributed by atoms with van der Waals surface area (Å²) >= 11 is 5.72. The minimum Gasteiger partial charge on any atom is -0.367 e. The van der Waals surface area contributed by atoms with Gasteiger partial charge in [0.1, 0.15) is 11.0 Å². The average molecular weight is 291 g/mol. The van der Waals surface area contributed by atoms with Gasteiger partial charge in [0.25, 0.3) is 5.91 Å². The van der Waals surface area contributed by atoms with Gasteiger partial charge in [0.05, 0.1) is 12.4 Å². The molecule has 0 aliphatic carbocycles. The molecule has 0 radical (unpaired) electrons. The molecule has 1 aromatic carbocycles. The first-order valence-electron chi connectivity index (χ1n) is 6.21. The maximum absolute atomic E-state index is 11.8. The highest BCUT2D eigenvalue weighted by molar-refractivity contribution is 6.29. The van der Waals surface area contributed by atoms with Crippen LogP contribution >= 0.6 is 11.6 Å². The summed E-state index contributed by atoms with van der Waals surface area (Å²) in [7, 11) is 0. The fraction of sp³-hybridized carbons (Fsp3) is 0.214. The third-order valence-corrected chi connectivity index (χ3v) is 2.82. The lowest BCUT2D eigenvalue weighted by Crippen LogP contribution is -2.28. The third-order valence-electron chi connectivity index (χ3n) is 2.64. The van der Waals surface area contributed by atoms with E-state index in [1.807, 2.05) is 19.1 Å². The number of carbonyl (C=O) groups excluding carboxylic acids is 1. The Kier molecular flexibility index (Phi) is 4.90. The molecule has 0 saturated heterocycles. The van der Waals surface area contributed by atoms with E-state index in [9.17, 15) is 4.79 Å². The van der Waals surface area contributed by atoms with Crippen molar-refractivity contribution in [3.63, 3.8) is 0 Å². The number of nitrogens with one attached hydrogen (secondary N) is 2. The summed E-state index contributed by atoms with van der Waals surface area (Å²) in [6.45, 7) is 3.02. The molecule has 1 heterocycles. The molecule has 0 spiro atoms. The Balaban J connectivity index is 1.76. The van der Waals surface area contributed by atoms with E-state index in [-0.39, 0.29) is 5.91 Å². The SMILES string of the molecule is Cc1ccc(C(=O)NCCNc2cncc(Cl)n2)cc1. The Labute approximate surface area is 122 Å². The smallest absolute Gasteiger partial charge is 0.251 e. The second kappa shape index (κ2) is 6.86. The van der Waals surface area contributed by atoms with Crippen LogP contribution in [0, 0.1) is 6.92 Å². The molecule has 0 bridgehead atoms. The zero-order valence-corrected chi connectivity index (χ0v) is 11.8. The molecule has 1 aromatic heterocycles. The second-order valence-electron chi connectivity index (χ2n) is 4.28. The number of halogens is 1. The Morgan fingerprint density at radius 1 is 1.20 bits per heavy atom. The van der Waals surface area contributed by atoms with Crippen molar-refractivity contribution in [1.29, 1.82) is 0 Å². The van der Waals surface area contributed by atoms with Gasteiger partial charge < -0.3 is 10.6 Å². The largest absolute Gasteiger partial charge is 0.367 e. The number of rotatable bonds is 5. The Hall–Kier alpha value is -2.14. The molecule has 0 atom stereocenters. The van der Waals surface area contributed by atoms with E-state index in [1.165, 1.54) is 6.20 Å². The summed E-state index contributed by atoms with van der Waals surface area (Å²) in [5.41, 5.74) is 1.78. The van der Waals surface area contributed by atoms with Crippen molar-refractivity contribution in [2.75, 3.05) is 18.4 Å². The topological polar surface area (TPSA) is 66.9 Å². The highest BCUT2D eigenvalue weighted by Gasteiger charge is 2.03. The molecule has 20 heavy (non-hydrogen) atoms. The number of hydrogen-bond acceptors (Lipinski definition) is 4. The first-order valence-corrected chi connectivity index (χ1v) is 6.59. The molecule has 2 N–H and O–H groups in total. The van der Waals surface area contributed by atoms with Crippen LogP contribution in [0.1, 0.15) is 15.9 Å². The van der Waals surface area contributed by atoms with Crippen LogP contribution in [0.2, 0.25) is 5.15 Å². The Morgan fingerprint density at radius 3 is 2.65 bits per heavy atom. The fourth-order valence-electron chi connectivity index (χ4n) is 1.60. The molecular formula is C14H15ClN4O. The summed E-state index contributed by atoms with van der Waals surface area (Å²) in [6, 6.07) is 7.44. The van der Waals surface area contributed by atoms with Gasteiger partial charge in [0.2, 0.25) is 0 Å². The Morgan fingerprint density at radius 2 is 1.95 bits per heavy atom. The number of nitrogens with zero attached hydrogens (tertiary/aromatic N) is 2. The van der Waals surface area contributed by atoms with Gasteiger partial charge in [-0.2, -0.15) is 0 Å². The van der Waals surface area contributed by atoms with Crippen LogP contribution in [0.3, 0.4) is 0 Å². The van der Waals surface area contributed by atoms with Gasteiger partial charge in [0, 0.05) is 18.7 Å². The molecule has 2 aromatic rings. The van der Waals surface area contributed by atoms with Crippen LogP contribution in [0.5, 0.6) is 0 Å². The predicted octanol–water partition coefficient (Wildman–Crippen LogP) is 2.28. The van der Waals surface area contributed by atoms with Gasteiger partial charge in [-0.15, -0.1) is 0 Å². The number of hydrogen-bond donors (Lipinski definition) is 2. The van der Waals surface area contributed by atoms with Crippen molar-refractivity contribution in [3.05, 3.63) is 52.9 Å². The van der Waals surface area contributed by atoms with E-state index in [4.69, 9.17) is 11.6 Å². The second-order valence-corrected chi connectivity index (χ2v) is 4.66. The van der Waals surface area contributed by atoms with Crippen LogP contribution in [0.15, 0.2) is 36.7 Å². The molecular weight excluding hydrogens is 276 g/mol. The van der Waals surface area contributed by atoms with Crippen molar-refractivity contribution in [3.8, 4) is 0 Å². The van der Waals surface area contributed by atoms with E-state index in [0.29, 0.717) is 29.6 Å². The highest BCUT2D eigenvalue weighted by Crippen LogP contribution is 2.06. The molecule has 5 nitrogen and oxygen atoms in total. The van der Waals surface area contributed by atoms with Crippen LogP contribution in [-0.4, -0.2) is 29.0 Å². The first-order chi connectivity index (χ1) is 9.65. The lowest BCUT2D eigenvalue weighted by Gasteiger charge is -2.07. The molecule has 6 heteroatoms. The van der Waals surface area contributed by atoms with Gasteiger partial charge in [-0.05, 0) is 19.1 Å². The van der Waals surface area contributed by atoms with E-state index < -0.39 is 0 Å². The molecule has 0 fully saturated rings. The molecule has 104 valence electrons. The van der Waals surface area contributed by atoms with Crippen molar-refractivity contribution >= 4 is 23.3 Å². The number of carbonyl (C=O) groups is 1. The number of aryl methyl sites for hydroxylation is 1. The minimum absolute atomic E-state index is 0.0935. The van der Waals surface area contributed by atoms with E-state index in [1.54, 1.807) is 18.3 Å². The van der Waals surface area contributed by atoms with E-state index >= 15 is 0 Å². The van der Waals surface area contributed by atoms with Crippen molar-refractivity contribution in [2.45, 2.75) is 6.92 Å². The lowest BCUT2D eigenvalue weighted by atomic mass is 10.1. The number of amides is 1. The van der Waals surface area contributed by atoms with Gasteiger partial charge >= 0.3 is 0 Å². The molecule has 2 rings (SSSR count). The van der Waals surface area contributed by atoms with Gasteiger partial charge in [-0.25, -0.2) is 4.98 Å². The summed E-state index contributed by atoms with van der Waals surface area (Å²) in [5.74, 6) is 0.492. The van der Waals surface area contributed by atoms with Crippen molar-refractivity contribution in [1.82, 2.24) is 15.3 Å². The van der Waals surface area contributed by atoms with Gasteiger partial charge in [0.15, 0.2) is 0 Å². The van der Waals surface area contributed by atoms with Crippen LogP contribution in [0.4, 0.5) is 5.82 Å². The normalized spacial score (nSPS) is 10.1. The standard InChI is InChI=1S/C14H15ClN4O/c1-10-2-4-11(5-3-10)14(20)18-7-6-17-13-9-16-8-12(15)19-13/h2-5,8-9H,6-7H2,1H3,(H,17,19)(H,18,20). The van der Waals surface area contributed by atoms with Crippen LogP contribution in [-0.2, 0) is 0 Å². The molecule has 1 amide bonds. The highest BCUT2D eigenvalue weighted by atomic mass is 35.5. The number of anilines is 1. The zero-order chi connectivity index (χ0) is 14.4. The summed E-state index contributed by atoms with van der Waals surface area (Å²) < 4.78 is 0. The fourth-order valence-corrected chi connectivity index (χ4v) is 1.75. The number of benzene rings is 1. The average Bonchev–Trinajstić information content (AvgIpc) is 2.44. The maximum Gasteiger partial charge on any atom is 0.251 e. The summed E-state index contributed by atoms with van der Waals surface area (Å²) in [6.07, 6.45) is 3.04. The monoisotopic (exact) mass is 290 g/mol. The predicted molar refractivity (Wildman–Crippen MR) is 79.0 cm³/mol. The van der Waals surface area contributed by atoms with E-state index in [2.05, 4.69) is 20.6 Å². The summed E-state index contributed by atoms with van der Waals surface area (Å²) in [5, 5.41) is 6.18. The van der Waals surface area contributed by atoms with E-state index in [0.717, 1.165) is 5.56 Å². The van der Waals surface area contributed by atoms with Gasteiger partial charge in [-0.1, -0.05) is 29.3 Å². The minimum atomic E-state index is -0.0935. The third kappa shape index (κ3) is 4.20. The van der Waals surface area contributed by atoms with Crippen molar-refractivity contribution < 1.29 is 4.79 Å². The lowest BCUT2D eigenvalue weighted by molar-refractivity contribution is 0.0955. The van der Waals surface area contributed by atoms with Crippen LogP contribution < -0.4 is 10.6 Å². The molecule has 0 unspecified atom stereocenters. The number of aromatic nitrogens is 2. The maximum atomic E-state index is 11.8. The van der Waals surface area contributed by atoms with Crippen LogP contribution in [0.25, 0.3) is 0 Å². The molecule has 0 aliphatic rings. The molecule has 0 saturated carbocycles.